The van der Waals surface area contributed by atoms with Crippen molar-refractivity contribution in [3.8, 4) is 0 Å². The highest BCUT2D eigenvalue weighted by atomic mass is 14.0. The zero-order valence-electron chi connectivity index (χ0n) is 14.1. The van der Waals surface area contributed by atoms with Crippen molar-refractivity contribution in [3.63, 3.8) is 0 Å². The van der Waals surface area contributed by atoms with Gasteiger partial charge in [0, 0.05) is 0 Å². The molecule has 2 aromatic carbocycles. The molecule has 0 radical (unpaired) electrons. The highest BCUT2D eigenvalue weighted by molar-refractivity contribution is 5.85. The Hall–Kier alpha value is -1.56. The molecule has 0 atom stereocenters. The monoisotopic (exact) mass is 294 g/mol. The molecule has 0 amide bonds. The predicted octanol–water partition coefficient (Wildman–Crippen LogP) is 7.08. The second kappa shape index (κ2) is 10.2. The number of benzene rings is 2. The van der Waals surface area contributed by atoms with Crippen molar-refractivity contribution in [1.29, 1.82) is 0 Å². The first-order chi connectivity index (χ1) is 10.9. The molecule has 0 aliphatic heterocycles. The molecule has 0 aliphatic carbocycles. The van der Waals surface area contributed by atoms with Crippen LogP contribution in [0.2, 0.25) is 0 Å². The van der Waals surface area contributed by atoms with E-state index in [0.717, 1.165) is 0 Å². The van der Waals surface area contributed by atoms with Gasteiger partial charge in [-0.05, 0) is 48.4 Å². The van der Waals surface area contributed by atoms with Gasteiger partial charge >= 0.3 is 0 Å². The third kappa shape index (κ3) is 5.67. The standard InChI is InChI=1S/C22H30/c1-2-3-4-5-6-7-8-9-10-11-15-20-17-14-18-21-16-12-13-19-22(20)21/h4-5,12-14,16-19H,2-3,6-11,15H2,1H3/b5-4+. The largest absolute Gasteiger partial charge is 0.0885 e. The van der Waals surface area contributed by atoms with Gasteiger partial charge < -0.3 is 0 Å². The van der Waals surface area contributed by atoms with Crippen LogP contribution in [0.15, 0.2) is 54.6 Å². The summed E-state index contributed by atoms with van der Waals surface area (Å²) < 4.78 is 0. The Morgan fingerprint density at radius 3 is 2.36 bits per heavy atom. The van der Waals surface area contributed by atoms with Crippen LogP contribution in [0.3, 0.4) is 0 Å². The highest BCUT2D eigenvalue weighted by Crippen LogP contribution is 2.20. The van der Waals surface area contributed by atoms with E-state index in [2.05, 4.69) is 61.5 Å². The predicted molar refractivity (Wildman–Crippen MR) is 99.4 cm³/mol. The Labute approximate surface area is 136 Å². The lowest BCUT2D eigenvalue weighted by Crippen LogP contribution is -1.88. The molecular weight excluding hydrogens is 264 g/mol. The highest BCUT2D eigenvalue weighted by Gasteiger charge is 2.00. The molecule has 0 unspecified atom stereocenters. The van der Waals surface area contributed by atoms with Crippen LogP contribution in [0.4, 0.5) is 0 Å². The molecule has 0 N–H and O–H groups in total. The SMILES string of the molecule is CCC/C=C/CCCCCCCc1cccc2ccccc12. The van der Waals surface area contributed by atoms with E-state index in [0.29, 0.717) is 0 Å². The fourth-order valence-corrected chi connectivity index (χ4v) is 3.02. The fourth-order valence-electron chi connectivity index (χ4n) is 3.02. The van der Waals surface area contributed by atoms with Crippen LogP contribution in [-0.2, 0) is 6.42 Å². The van der Waals surface area contributed by atoms with Gasteiger partial charge in [-0.15, -0.1) is 0 Å². The third-order valence-electron chi connectivity index (χ3n) is 4.32. The second-order valence-corrected chi connectivity index (χ2v) is 6.20. The van der Waals surface area contributed by atoms with Crippen LogP contribution in [0, 0.1) is 0 Å². The number of fused-ring (bicyclic) bond motifs is 1. The normalized spacial score (nSPS) is 11.5. The molecule has 2 rings (SSSR count). The zero-order valence-corrected chi connectivity index (χ0v) is 14.1. The van der Waals surface area contributed by atoms with Crippen LogP contribution in [0.25, 0.3) is 10.8 Å². The quantitative estimate of drug-likeness (QED) is 0.324. The molecule has 118 valence electrons. The maximum atomic E-state index is 2.36. The molecule has 0 fully saturated rings. The summed E-state index contributed by atoms with van der Waals surface area (Å²) in [6, 6.07) is 15.4. The minimum absolute atomic E-state index is 1.22. The van der Waals surface area contributed by atoms with Crippen molar-refractivity contribution in [2.24, 2.45) is 0 Å². The Bertz CT molecular complexity index is 560. The number of hydrogen-bond donors (Lipinski definition) is 0. The maximum Gasteiger partial charge on any atom is -0.0152 e. The van der Waals surface area contributed by atoms with Crippen molar-refractivity contribution in [2.45, 2.75) is 64.7 Å². The third-order valence-corrected chi connectivity index (χ3v) is 4.32. The smallest absolute Gasteiger partial charge is 0.0152 e. The summed E-state index contributed by atoms with van der Waals surface area (Å²) in [6.45, 7) is 2.24. The summed E-state index contributed by atoms with van der Waals surface area (Å²) in [5, 5.41) is 2.81. The number of rotatable bonds is 10. The van der Waals surface area contributed by atoms with Crippen LogP contribution >= 0.6 is 0 Å². The molecule has 0 saturated heterocycles. The van der Waals surface area contributed by atoms with E-state index in [-0.39, 0.29) is 0 Å². The van der Waals surface area contributed by atoms with Gasteiger partial charge in [-0.2, -0.15) is 0 Å². The first kappa shape index (κ1) is 16.8. The Balaban J connectivity index is 1.62. The van der Waals surface area contributed by atoms with Gasteiger partial charge in [0.25, 0.3) is 0 Å². The topological polar surface area (TPSA) is 0 Å². The molecule has 22 heavy (non-hydrogen) atoms. The lowest BCUT2D eigenvalue weighted by molar-refractivity contribution is 0.618. The first-order valence-corrected chi connectivity index (χ1v) is 9.03. The van der Waals surface area contributed by atoms with Crippen LogP contribution in [0.5, 0.6) is 0 Å². The van der Waals surface area contributed by atoms with Crippen molar-refractivity contribution in [3.05, 3.63) is 60.2 Å². The van der Waals surface area contributed by atoms with Crippen LogP contribution in [0.1, 0.15) is 63.9 Å². The van der Waals surface area contributed by atoms with Crippen molar-refractivity contribution < 1.29 is 0 Å². The molecule has 2 aromatic rings. The van der Waals surface area contributed by atoms with E-state index >= 15 is 0 Å². The number of unbranched alkanes of at least 4 members (excludes halogenated alkanes) is 6. The Kier molecular flexibility index (Phi) is 7.80. The van der Waals surface area contributed by atoms with Gasteiger partial charge in [0.05, 0.1) is 0 Å². The van der Waals surface area contributed by atoms with E-state index in [1.165, 1.54) is 74.1 Å². The van der Waals surface area contributed by atoms with Crippen molar-refractivity contribution in [2.75, 3.05) is 0 Å². The van der Waals surface area contributed by atoms with E-state index in [9.17, 15) is 0 Å². The van der Waals surface area contributed by atoms with Gasteiger partial charge in [0.2, 0.25) is 0 Å². The molecule has 0 nitrogen and oxygen atoms in total. The maximum absolute atomic E-state index is 2.36. The van der Waals surface area contributed by atoms with Crippen LogP contribution < -0.4 is 0 Å². The summed E-state index contributed by atoms with van der Waals surface area (Å²) in [4.78, 5) is 0. The minimum Gasteiger partial charge on any atom is -0.0885 e. The van der Waals surface area contributed by atoms with Crippen LogP contribution in [-0.4, -0.2) is 0 Å². The van der Waals surface area contributed by atoms with Crippen molar-refractivity contribution in [1.82, 2.24) is 0 Å². The molecule has 0 aliphatic rings. The van der Waals surface area contributed by atoms with E-state index in [1.807, 2.05) is 0 Å². The lowest BCUT2D eigenvalue weighted by atomic mass is 9.99. The lowest BCUT2D eigenvalue weighted by Gasteiger charge is -2.06. The van der Waals surface area contributed by atoms with Gasteiger partial charge in [-0.3, -0.25) is 0 Å². The molecule has 0 spiro atoms. The average Bonchev–Trinajstić information content (AvgIpc) is 2.56. The van der Waals surface area contributed by atoms with Gasteiger partial charge in [0.15, 0.2) is 0 Å². The summed E-state index contributed by atoms with van der Waals surface area (Å²) in [5.41, 5.74) is 1.51. The molecule has 0 heteroatoms. The summed E-state index contributed by atoms with van der Waals surface area (Å²) >= 11 is 0. The molecule has 0 bridgehead atoms. The van der Waals surface area contributed by atoms with Gasteiger partial charge in [-0.1, -0.05) is 87.2 Å². The van der Waals surface area contributed by atoms with E-state index < -0.39 is 0 Å². The molecule has 0 aromatic heterocycles. The number of allylic oxidation sites excluding steroid dienone is 2. The van der Waals surface area contributed by atoms with Gasteiger partial charge in [0.1, 0.15) is 0 Å². The number of aryl methyl sites for hydroxylation is 1. The van der Waals surface area contributed by atoms with Gasteiger partial charge in [-0.25, -0.2) is 0 Å². The fraction of sp³-hybridized carbons (Fsp3) is 0.455. The molecular formula is C22H30. The Morgan fingerprint density at radius 2 is 1.45 bits per heavy atom. The number of hydrogen-bond acceptors (Lipinski definition) is 0. The summed E-state index contributed by atoms with van der Waals surface area (Å²) in [5.74, 6) is 0. The van der Waals surface area contributed by atoms with E-state index in [4.69, 9.17) is 0 Å². The zero-order chi connectivity index (χ0) is 15.5. The molecule has 0 heterocycles. The first-order valence-electron chi connectivity index (χ1n) is 9.03. The molecule has 0 saturated carbocycles. The minimum atomic E-state index is 1.22. The van der Waals surface area contributed by atoms with E-state index in [1.54, 1.807) is 0 Å². The summed E-state index contributed by atoms with van der Waals surface area (Å²) in [6.07, 6.45) is 16.5. The summed E-state index contributed by atoms with van der Waals surface area (Å²) in [7, 11) is 0. The average molecular weight is 294 g/mol. The Morgan fingerprint density at radius 1 is 0.727 bits per heavy atom. The van der Waals surface area contributed by atoms with Crippen molar-refractivity contribution >= 4 is 10.8 Å². The second-order valence-electron chi connectivity index (χ2n) is 6.20.